The first-order chi connectivity index (χ1) is 8.33. The lowest BCUT2D eigenvalue weighted by Crippen LogP contribution is -2.24. The quantitative estimate of drug-likeness (QED) is 0.878. The van der Waals surface area contributed by atoms with E-state index in [-0.39, 0.29) is 0 Å². The molecule has 1 heterocycles. The number of anilines is 1. The summed E-state index contributed by atoms with van der Waals surface area (Å²) in [6.07, 6.45) is 3.43. The molecular formula is C13H12FN3. The van der Waals surface area contributed by atoms with Gasteiger partial charge in [-0.1, -0.05) is 24.3 Å². The van der Waals surface area contributed by atoms with Crippen LogP contribution in [-0.2, 0) is 6.42 Å². The van der Waals surface area contributed by atoms with Crippen molar-refractivity contribution < 1.29 is 4.39 Å². The monoisotopic (exact) mass is 229 g/mol. The van der Waals surface area contributed by atoms with Crippen LogP contribution >= 0.6 is 0 Å². The van der Waals surface area contributed by atoms with E-state index in [4.69, 9.17) is 0 Å². The number of aromatic nitrogens is 2. The maximum atomic E-state index is 12.6. The SMILES string of the molecule is Fc1cnc(NCC2Cc3ccccc32)nc1. The van der Waals surface area contributed by atoms with Crippen molar-refractivity contribution in [2.24, 2.45) is 0 Å². The number of hydrogen-bond acceptors (Lipinski definition) is 3. The Morgan fingerprint density at radius 3 is 2.76 bits per heavy atom. The van der Waals surface area contributed by atoms with E-state index in [0.717, 1.165) is 13.0 Å². The van der Waals surface area contributed by atoms with Crippen LogP contribution in [0.2, 0.25) is 0 Å². The van der Waals surface area contributed by atoms with Crippen LogP contribution in [0.5, 0.6) is 0 Å². The van der Waals surface area contributed by atoms with Crippen molar-refractivity contribution in [1.29, 1.82) is 0 Å². The number of hydrogen-bond donors (Lipinski definition) is 1. The van der Waals surface area contributed by atoms with Crippen molar-refractivity contribution in [1.82, 2.24) is 9.97 Å². The van der Waals surface area contributed by atoms with Crippen molar-refractivity contribution in [3.05, 3.63) is 53.6 Å². The van der Waals surface area contributed by atoms with Gasteiger partial charge < -0.3 is 5.32 Å². The van der Waals surface area contributed by atoms with E-state index in [1.807, 2.05) is 0 Å². The van der Waals surface area contributed by atoms with Gasteiger partial charge in [0.05, 0.1) is 12.4 Å². The summed E-state index contributed by atoms with van der Waals surface area (Å²) in [6.45, 7) is 0.794. The summed E-state index contributed by atoms with van der Waals surface area (Å²) < 4.78 is 12.6. The molecule has 0 radical (unpaired) electrons. The molecule has 17 heavy (non-hydrogen) atoms. The van der Waals surface area contributed by atoms with Crippen LogP contribution in [0.3, 0.4) is 0 Å². The maximum absolute atomic E-state index is 12.6. The smallest absolute Gasteiger partial charge is 0.222 e. The number of rotatable bonds is 3. The number of halogens is 1. The van der Waals surface area contributed by atoms with Crippen LogP contribution in [0.15, 0.2) is 36.7 Å². The summed E-state index contributed by atoms with van der Waals surface area (Å²) in [7, 11) is 0. The molecule has 0 fully saturated rings. The second-order valence-corrected chi connectivity index (χ2v) is 4.21. The second kappa shape index (κ2) is 4.13. The van der Waals surface area contributed by atoms with Gasteiger partial charge >= 0.3 is 0 Å². The van der Waals surface area contributed by atoms with E-state index in [0.29, 0.717) is 11.9 Å². The minimum Gasteiger partial charge on any atom is -0.354 e. The Kier molecular flexibility index (Phi) is 2.48. The molecule has 0 saturated heterocycles. The number of nitrogens with zero attached hydrogens (tertiary/aromatic N) is 2. The van der Waals surface area contributed by atoms with Gasteiger partial charge in [0.15, 0.2) is 5.82 Å². The first-order valence-electron chi connectivity index (χ1n) is 5.62. The average molecular weight is 229 g/mol. The fraction of sp³-hybridized carbons (Fsp3) is 0.231. The van der Waals surface area contributed by atoms with E-state index in [1.165, 1.54) is 23.5 Å². The summed E-state index contributed by atoms with van der Waals surface area (Å²) >= 11 is 0. The normalized spacial score (nSPS) is 17.1. The fourth-order valence-corrected chi connectivity index (χ4v) is 2.16. The highest BCUT2D eigenvalue weighted by molar-refractivity contribution is 5.41. The molecule has 1 unspecified atom stereocenters. The third-order valence-corrected chi connectivity index (χ3v) is 3.09. The number of benzene rings is 1. The zero-order chi connectivity index (χ0) is 11.7. The van der Waals surface area contributed by atoms with Crippen molar-refractivity contribution in [3.63, 3.8) is 0 Å². The van der Waals surface area contributed by atoms with Crippen molar-refractivity contribution in [2.75, 3.05) is 11.9 Å². The lowest BCUT2D eigenvalue weighted by molar-refractivity contribution is 0.610. The molecule has 1 aromatic heterocycles. The molecule has 1 atom stereocenters. The van der Waals surface area contributed by atoms with Gasteiger partial charge in [0.2, 0.25) is 5.95 Å². The van der Waals surface area contributed by atoms with Crippen LogP contribution in [0.4, 0.5) is 10.3 Å². The van der Waals surface area contributed by atoms with E-state index in [1.54, 1.807) is 0 Å². The minimum absolute atomic E-state index is 0.412. The summed E-state index contributed by atoms with van der Waals surface area (Å²) in [5.41, 5.74) is 2.81. The van der Waals surface area contributed by atoms with Crippen LogP contribution in [0.1, 0.15) is 17.0 Å². The van der Waals surface area contributed by atoms with Crippen molar-refractivity contribution >= 4 is 5.95 Å². The third-order valence-electron chi connectivity index (χ3n) is 3.09. The topological polar surface area (TPSA) is 37.8 Å². The predicted octanol–water partition coefficient (Wildman–Crippen LogP) is 2.37. The minimum atomic E-state index is -0.412. The number of fused-ring (bicyclic) bond motifs is 1. The third kappa shape index (κ3) is 1.98. The van der Waals surface area contributed by atoms with Crippen LogP contribution in [0.25, 0.3) is 0 Å². The van der Waals surface area contributed by atoms with Gasteiger partial charge in [-0.25, -0.2) is 14.4 Å². The van der Waals surface area contributed by atoms with Gasteiger partial charge in [-0.3, -0.25) is 0 Å². The number of nitrogens with one attached hydrogen (secondary N) is 1. The molecular weight excluding hydrogens is 217 g/mol. The van der Waals surface area contributed by atoms with Gasteiger partial charge in [-0.05, 0) is 17.5 Å². The average Bonchev–Trinajstić information content (AvgIpc) is 2.33. The van der Waals surface area contributed by atoms with Crippen LogP contribution < -0.4 is 5.32 Å². The Hall–Kier alpha value is -1.97. The van der Waals surface area contributed by atoms with Gasteiger partial charge in [0, 0.05) is 12.5 Å². The Morgan fingerprint density at radius 1 is 1.24 bits per heavy atom. The lowest BCUT2D eigenvalue weighted by Gasteiger charge is -2.30. The first-order valence-corrected chi connectivity index (χ1v) is 5.62. The summed E-state index contributed by atoms with van der Waals surface area (Å²) in [4.78, 5) is 7.73. The molecule has 2 aromatic rings. The molecule has 1 aromatic carbocycles. The fourth-order valence-electron chi connectivity index (χ4n) is 2.16. The molecule has 0 amide bonds. The Labute approximate surface area is 98.7 Å². The van der Waals surface area contributed by atoms with E-state index in [2.05, 4.69) is 39.6 Å². The molecule has 0 spiro atoms. The molecule has 4 heteroatoms. The second-order valence-electron chi connectivity index (χ2n) is 4.21. The molecule has 0 aliphatic heterocycles. The molecule has 0 saturated carbocycles. The van der Waals surface area contributed by atoms with E-state index >= 15 is 0 Å². The Bertz CT molecular complexity index is 524. The van der Waals surface area contributed by atoms with Gasteiger partial charge in [-0.15, -0.1) is 0 Å². The Balaban J connectivity index is 1.62. The Morgan fingerprint density at radius 2 is 2.00 bits per heavy atom. The molecule has 0 bridgehead atoms. The largest absolute Gasteiger partial charge is 0.354 e. The first kappa shape index (κ1) is 10.2. The van der Waals surface area contributed by atoms with Gasteiger partial charge in [0.25, 0.3) is 0 Å². The lowest BCUT2D eigenvalue weighted by atomic mass is 9.78. The molecule has 86 valence electrons. The molecule has 3 nitrogen and oxygen atoms in total. The van der Waals surface area contributed by atoms with Crippen molar-refractivity contribution in [3.8, 4) is 0 Å². The van der Waals surface area contributed by atoms with E-state index < -0.39 is 5.82 Å². The maximum Gasteiger partial charge on any atom is 0.222 e. The summed E-state index contributed by atoms with van der Waals surface area (Å²) in [5.74, 6) is 0.583. The molecule has 3 rings (SSSR count). The molecule has 1 N–H and O–H groups in total. The zero-order valence-electron chi connectivity index (χ0n) is 9.23. The van der Waals surface area contributed by atoms with Crippen LogP contribution in [0, 0.1) is 5.82 Å². The molecule has 1 aliphatic rings. The molecule has 1 aliphatic carbocycles. The zero-order valence-corrected chi connectivity index (χ0v) is 9.23. The summed E-state index contributed by atoms with van der Waals surface area (Å²) in [5, 5.41) is 3.13. The van der Waals surface area contributed by atoms with Crippen molar-refractivity contribution in [2.45, 2.75) is 12.3 Å². The predicted molar refractivity (Wildman–Crippen MR) is 63.4 cm³/mol. The van der Waals surface area contributed by atoms with Gasteiger partial charge in [0.1, 0.15) is 0 Å². The summed E-state index contributed by atoms with van der Waals surface area (Å²) in [6, 6.07) is 8.42. The highest BCUT2D eigenvalue weighted by Crippen LogP contribution is 2.34. The van der Waals surface area contributed by atoms with Crippen LogP contribution in [-0.4, -0.2) is 16.5 Å². The van der Waals surface area contributed by atoms with Gasteiger partial charge in [-0.2, -0.15) is 0 Å². The standard InChI is InChI=1S/C13H12FN3/c14-11-7-16-13(17-8-11)15-6-10-5-9-3-1-2-4-12(9)10/h1-4,7-8,10H,5-6H2,(H,15,16,17). The van der Waals surface area contributed by atoms with E-state index in [9.17, 15) is 4.39 Å². The highest BCUT2D eigenvalue weighted by atomic mass is 19.1. The highest BCUT2D eigenvalue weighted by Gasteiger charge is 2.24.